The second-order valence-electron chi connectivity index (χ2n) is 5.99. The Morgan fingerprint density at radius 3 is 2.81 bits per heavy atom. The molecule has 1 N–H and O–H groups in total. The third-order valence-corrected chi connectivity index (χ3v) is 4.32. The van der Waals surface area contributed by atoms with Crippen molar-refractivity contribution in [2.75, 3.05) is 23.3 Å². The summed E-state index contributed by atoms with van der Waals surface area (Å²) in [6.45, 7) is 3.48. The highest BCUT2D eigenvalue weighted by atomic mass is 19.2. The van der Waals surface area contributed by atoms with Gasteiger partial charge in [0, 0.05) is 31.4 Å². The number of aromatic nitrogens is 5. The molecule has 3 aromatic rings. The lowest BCUT2D eigenvalue weighted by Crippen LogP contribution is -2.52. The van der Waals surface area contributed by atoms with Crippen molar-refractivity contribution < 1.29 is 13.6 Å². The van der Waals surface area contributed by atoms with Crippen LogP contribution in [0.2, 0.25) is 0 Å². The van der Waals surface area contributed by atoms with Crippen LogP contribution in [0, 0.1) is 17.6 Å². The molecule has 0 bridgehead atoms. The van der Waals surface area contributed by atoms with Gasteiger partial charge in [0.2, 0.25) is 5.91 Å². The third kappa shape index (κ3) is 2.72. The lowest BCUT2D eigenvalue weighted by molar-refractivity contribution is -0.120. The Morgan fingerprint density at radius 1 is 1.27 bits per heavy atom. The second kappa shape index (κ2) is 6.28. The van der Waals surface area contributed by atoms with Gasteiger partial charge in [-0.2, -0.15) is 0 Å². The van der Waals surface area contributed by atoms with Crippen molar-refractivity contribution in [3.05, 3.63) is 36.2 Å². The summed E-state index contributed by atoms with van der Waals surface area (Å²) in [5.41, 5.74) is 1.46. The Balaban J connectivity index is 1.44. The van der Waals surface area contributed by atoms with Crippen molar-refractivity contribution in [3.63, 3.8) is 0 Å². The van der Waals surface area contributed by atoms with Crippen molar-refractivity contribution in [2.24, 2.45) is 5.92 Å². The van der Waals surface area contributed by atoms with Crippen LogP contribution < -0.4 is 10.2 Å². The predicted octanol–water partition coefficient (Wildman–Crippen LogP) is 1.59. The highest BCUT2D eigenvalue weighted by Crippen LogP contribution is 2.28. The first-order valence-corrected chi connectivity index (χ1v) is 8.12. The molecule has 0 radical (unpaired) electrons. The molecule has 0 atom stereocenters. The van der Waals surface area contributed by atoms with Crippen LogP contribution in [-0.2, 0) is 11.3 Å². The second-order valence-corrected chi connectivity index (χ2v) is 5.99. The smallest absolute Gasteiger partial charge is 0.231 e. The van der Waals surface area contributed by atoms with Crippen LogP contribution in [0.3, 0.4) is 0 Å². The Labute approximate surface area is 146 Å². The molecule has 4 rings (SSSR count). The fourth-order valence-corrected chi connectivity index (χ4v) is 2.86. The number of nitrogens with one attached hydrogen (secondary N) is 1. The standard InChI is InChI=1S/C16H15F2N7O/c1-2-25-15-13(22-23-25)14(19-8-20-15)24-6-9(7-24)16(26)21-10-3-4-11(17)12(18)5-10/h3-5,8-9H,2,6-7H2,1H3,(H,21,26). The first kappa shape index (κ1) is 16.3. The third-order valence-electron chi connectivity index (χ3n) is 4.32. The number of aryl methyl sites for hydroxylation is 1. The maximum absolute atomic E-state index is 13.2. The summed E-state index contributed by atoms with van der Waals surface area (Å²) in [5.74, 6) is -1.86. The van der Waals surface area contributed by atoms with Crippen molar-refractivity contribution in [2.45, 2.75) is 13.5 Å². The molecule has 3 heterocycles. The molecular formula is C16H15F2N7O. The number of hydrogen-bond donors (Lipinski definition) is 1. The van der Waals surface area contributed by atoms with E-state index in [2.05, 4.69) is 25.6 Å². The first-order chi connectivity index (χ1) is 12.6. The number of nitrogens with zero attached hydrogens (tertiary/aromatic N) is 6. The minimum absolute atomic E-state index is 0.225. The average molecular weight is 359 g/mol. The Kier molecular flexibility index (Phi) is 3.94. The molecule has 134 valence electrons. The average Bonchev–Trinajstić information content (AvgIpc) is 3.01. The predicted molar refractivity (Wildman–Crippen MR) is 89.5 cm³/mol. The van der Waals surface area contributed by atoms with Crippen molar-refractivity contribution >= 4 is 28.6 Å². The molecular weight excluding hydrogens is 344 g/mol. The molecule has 2 aromatic heterocycles. The topological polar surface area (TPSA) is 88.8 Å². The van der Waals surface area contributed by atoms with Gasteiger partial charge in [-0.05, 0) is 19.1 Å². The van der Waals surface area contributed by atoms with Gasteiger partial charge in [-0.3, -0.25) is 4.79 Å². The van der Waals surface area contributed by atoms with Gasteiger partial charge in [0.1, 0.15) is 6.33 Å². The van der Waals surface area contributed by atoms with E-state index in [4.69, 9.17) is 0 Å². The summed E-state index contributed by atoms with van der Waals surface area (Å²) in [7, 11) is 0. The summed E-state index contributed by atoms with van der Waals surface area (Å²) in [5, 5.41) is 10.7. The highest BCUT2D eigenvalue weighted by molar-refractivity contribution is 5.95. The van der Waals surface area contributed by atoms with E-state index < -0.39 is 11.6 Å². The molecule has 1 fully saturated rings. The molecule has 0 spiro atoms. The lowest BCUT2D eigenvalue weighted by Gasteiger charge is -2.38. The molecule has 0 unspecified atom stereocenters. The molecule has 1 amide bonds. The molecule has 8 nitrogen and oxygen atoms in total. The fourth-order valence-electron chi connectivity index (χ4n) is 2.86. The maximum atomic E-state index is 13.2. The number of hydrogen-bond acceptors (Lipinski definition) is 6. The molecule has 0 aliphatic carbocycles. The number of halogens is 2. The summed E-state index contributed by atoms with van der Waals surface area (Å²) >= 11 is 0. The Hall–Kier alpha value is -3.17. The van der Waals surface area contributed by atoms with Crippen molar-refractivity contribution in [3.8, 4) is 0 Å². The van der Waals surface area contributed by atoms with Crippen LogP contribution in [0.15, 0.2) is 24.5 Å². The summed E-state index contributed by atoms with van der Waals surface area (Å²) < 4.78 is 27.8. The summed E-state index contributed by atoms with van der Waals surface area (Å²) in [6.07, 6.45) is 1.45. The van der Waals surface area contributed by atoms with Crippen molar-refractivity contribution in [1.29, 1.82) is 0 Å². The minimum Gasteiger partial charge on any atom is -0.353 e. The van der Waals surface area contributed by atoms with Gasteiger partial charge >= 0.3 is 0 Å². The number of benzene rings is 1. The maximum Gasteiger partial charge on any atom is 0.231 e. The molecule has 0 saturated carbocycles. The number of rotatable bonds is 4. The van der Waals surface area contributed by atoms with E-state index in [0.717, 1.165) is 12.1 Å². The molecule has 1 aliphatic rings. The van der Waals surface area contributed by atoms with E-state index in [-0.39, 0.29) is 17.5 Å². The largest absolute Gasteiger partial charge is 0.353 e. The lowest BCUT2D eigenvalue weighted by atomic mass is 9.99. The molecule has 10 heteroatoms. The van der Waals surface area contributed by atoms with Crippen LogP contribution in [0.5, 0.6) is 0 Å². The molecule has 1 saturated heterocycles. The number of carbonyl (C=O) groups is 1. The quantitative estimate of drug-likeness (QED) is 0.761. The number of fused-ring (bicyclic) bond motifs is 1. The summed E-state index contributed by atoms with van der Waals surface area (Å²) in [6, 6.07) is 3.26. The van der Waals surface area contributed by atoms with E-state index in [0.29, 0.717) is 36.6 Å². The number of amides is 1. The fraction of sp³-hybridized carbons (Fsp3) is 0.312. The Morgan fingerprint density at radius 2 is 2.08 bits per heavy atom. The molecule has 1 aromatic carbocycles. The van der Waals surface area contributed by atoms with Gasteiger partial charge in [0.25, 0.3) is 0 Å². The van der Waals surface area contributed by atoms with Crippen LogP contribution in [-0.4, -0.2) is 44.0 Å². The van der Waals surface area contributed by atoms with E-state index in [1.54, 1.807) is 4.68 Å². The zero-order valence-corrected chi connectivity index (χ0v) is 13.9. The molecule has 1 aliphatic heterocycles. The number of anilines is 2. The zero-order valence-electron chi connectivity index (χ0n) is 13.9. The SMILES string of the molecule is CCn1nnc2c(N3CC(C(=O)Nc4ccc(F)c(F)c4)C3)ncnc21. The van der Waals surface area contributed by atoms with Gasteiger partial charge in [-0.15, -0.1) is 5.10 Å². The monoisotopic (exact) mass is 359 g/mol. The van der Waals surface area contributed by atoms with Crippen LogP contribution in [0.4, 0.5) is 20.3 Å². The van der Waals surface area contributed by atoms with E-state index in [1.807, 2.05) is 11.8 Å². The number of carbonyl (C=O) groups excluding carboxylic acids is 1. The van der Waals surface area contributed by atoms with Gasteiger partial charge in [-0.1, -0.05) is 5.21 Å². The van der Waals surface area contributed by atoms with Crippen LogP contribution in [0.25, 0.3) is 11.2 Å². The van der Waals surface area contributed by atoms with E-state index >= 15 is 0 Å². The van der Waals surface area contributed by atoms with E-state index in [9.17, 15) is 13.6 Å². The normalized spacial score (nSPS) is 14.5. The minimum atomic E-state index is -1.000. The first-order valence-electron chi connectivity index (χ1n) is 8.12. The van der Waals surface area contributed by atoms with Crippen LogP contribution >= 0.6 is 0 Å². The van der Waals surface area contributed by atoms with Gasteiger partial charge in [0.15, 0.2) is 28.6 Å². The van der Waals surface area contributed by atoms with Crippen LogP contribution in [0.1, 0.15) is 6.92 Å². The van der Waals surface area contributed by atoms with Gasteiger partial charge in [-0.25, -0.2) is 23.4 Å². The zero-order chi connectivity index (χ0) is 18.3. The van der Waals surface area contributed by atoms with Crippen molar-refractivity contribution in [1.82, 2.24) is 25.0 Å². The highest BCUT2D eigenvalue weighted by Gasteiger charge is 2.35. The Bertz CT molecular complexity index is 984. The van der Waals surface area contributed by atoms with Gasteiger partial charge < -0.3 is 10.2 Å². The van der Waals surface area contributed by atoms with Gasteiger partial charge in [0.05, 0.1) is 5.92 Å². The van der Waals surface area contributed by atoms with E-state index in [1.165, 1.54) is 12.4 Å². The summed E-state index contributed by atoms with van der Waals surface area (Å²) in [4.78, 5) is 22.6. The molecule has 26 heavy (non-hydrogen) atoms.